The third-order valence-electron chi connectivity index (χ3n) is 0.903. The van der Waals surface area contributed by atoms with Gasteiger partial charge in [-0.1, -0.05) is 5.16 Å². The van der Waals surface area contributed by atoms with Crippen LogP contribution in [-0.4, -0.2) is 25.9 Å². The molecule has 0 bridgehead atoms. The maximum atomic E-state index is 10.4. The minimum Gasteiger partial charge on any atom is -0.375 e. The molecule has 0 radical (unpaired) electrons. The monoisotopic (exact) mass is 221 g/mol. The smallest absolute Gasteiger partial charge is 0.325 e. The summed E-state index contributed by atoms with van der Waals surface area (Å²) in [4.78, 5) is 3.80. The van der Waals surface area contributed by atoms with Crippen LogP contribution >= 0.6 is 11.3 Å². The SMILES string of the molecule is CS(=O)(=O)ON=Cc1csc(N)n1. The molecule has 2 N–H and O–H groups in total. The first-order chi connectivity index (χ1) is 5.97. The molecule has 1 aromatic heterocycles. The molecule has 8 heteroatoms. The maximum absolute atomic E-state index is 10.4. The van der Waals surface area contributed by atoms with Crippen molar-refractivity contribution in [2.24, 2.45) is 5.16 Å². The number of nitrogen functional groups attached to an aromatic ring is 1. The second-order valence-electron chi connectivity index (χ2n) is 2.12. The number of anilines is 1. The Kier molecular flexibility index (Phi) is 2.83. The lowest BCUT2D eigenvalue weighted by atomic mass is 10.6. The van der Waals surface area contributed by atoms with E-state index in [1.807, 2.05) is 0 Å². The van der Waals surface area contributed by atoms with Crippen molar-refractivity contribution >= 4 is 32.8 Å². The minimum atomic E-state index is -3.54. The zero-order chi connectivity index (χ0) is 9.90. The van der Waals surface area contributed by atoms with E-state index in [0.29, 0.717) is 10.8 Å². The Hall–Kier alpha value is -1.15. The highest BCUT2D eigenvalue weighted by Crippen LogP contribution is 2.08. The van der Waals surface area contributed by atoms with Crippen LogP contribution in [0.4, 0.5) is 5.13 Å². The van der Waals surface area contributed by atoms with Gasteiger partial charge in [0.1, 0.15) is 0 Å². The van der Waals surface area contributed by atoms with Gasteiger partial charge >= 0.3 is 10.1 Å². The molecule has 1 rings (SSSR count). The Morgan fingerprint density at radius 2 is 2.46 bits per heavy atom. The fourth-order valence-electron chi connectivity index (χ4n) is 0.514. The van der Waals surface area contributed by atoms with Gasteiger partial charge < -0.3 is 5.73 Å². The summed E-state index contributed by atoms with van der Waals surface area (Å²) in [5.74, 6) is 0. The minimum absolute atomic E-state index is 0.390. The van der Waals surface area contributed by atoms with Crippen molar-refractivity contribution in [2.45, 2.75) is 0 Å². The summed E-state index contributed by atoms with van der Waals surface area (Å²) in [6.45, 7) is 0. The summed E-state index contributed by atoms with van der Waals surface area (Å²) in [6, 6.07) is 0. The molecule has 72 valence electrons. The Labute approximate surface area is 79.2 Å². The first-order valence-electron chi connectivity index (χ1n) is 3.10. The molecular weight excluding hydrogens is 214 g/mol. The van der Waals surface area contributed by atoms with Gasteiger partial charge in [0, 0.05) is 5.38 Å². The van der Waals surface area contributed by atoms with Crippen LogP contribution in [0.3, 0.4) is 0 Å². The summed E-state index contributed by atoms with van der Waals surface area (Å²) in [7, 11) is -3.54. The van der Waals surface area contributed by atoms with Crippen LogP contribution in [0.2, 0.25) is 0 Å². The highest BCUT2D eigenvalue weighted by molar-refractivity contribution is 7.85. The molecular formula is C5H7N3O3S2. The zero-order valence-corrected chi connectivity index (χ0v) is 8.30. The van der Waals surface area contributed by atoms with Crippen LogP contribution in [-0.2, 0) is 14.4 Å². The van der Waals surface area contributed by atoms with Gasteiger partial charge in [-0.3, -0.25) is 4.28 Å². The molecule has 0 saturated carbocycles. The van der Waals surface area contributed by atoms with Crippen molar-refractivity contribution in [1.82, 2.24) is 4.98 Å². The number of thiazole rings is 1. The van der Waals surface area contributed by atoms with Gasteiger partial charge in [-0.25, -0.2) is 4.98 Å². The predicted molar refractivity (Wildman–Crippen MR) is 50.0 cm³/mol. The van der Waals surface area contributed by atoms with E-state index in [4.69, 9.17) is 5.73 Å². The molecule has 1 heterocycles. The normalized spacial score (nSPS) is 12.1. The number of oxime groups is 1. The Morgan fingerprint density at radius 1 is 1.77 bits per heavy atom. The first-order valence-corrected chi connectivity index (χ1v) is 5.80. The number of aromatic nitrogens is 1. The molecule has 6 nitrogen and oxygen atoms in total. The van der Waals surface area contributed by atoms with Crippen LogP contribution in [0.1, 0.15) is 5.69 Å². The molecule has 0 aliphatic carbocycles. The van der Waals surface area contributed by atoms with Gasteiger partial charge in [0.2, 0.25) is 0 Å². The lowest BCUT2D eigenvalue weighted by Gasteiger charge is -1.89. The second-order valence-corrected chi connectivity index (χ2v) is 4.57. The molecule has 1 aromatic rings. The number of nitrogens with zero attached hydrogens (tertiary/aromatic N) is 2. The van der Waals surface area contributed by atoms with Crippen molar-refractivity contribution in [3.63, 3.8) is 0 Å². The molecule has 13 heavy (non-hydrogen) atoms. The van der Waals surface area contributed by atoms with Crippen LogP contribution in [0.15, 0.2) is 10.5 Å². The largest absolute Gasteiger partial charge is 0.375 e. The van der Waals surface area contributed by atoms with Gasteiger partial charge in [-0.2, -0.15) is 8.42 Å². The van der Waals surface area contributed by atoms with E-state index in [2.05, 4.69) is 14.4 Å². The molecule has 0 aliphatic heterocycles. The highest BCUT2D eigenvalue weighted by Gasteiger charge is 1.99. The average molecular weight is 221 g/mol. The fourth-order valence-corrected chi connectivity index (χ4v) is 1.23. The first kappa shape index (κ1) is 9.93. The number of nitrogens with two attached hydrogens (primary N) is 1. The molecule has 0 amide bonds. The van der Waals surface area contributed by atoms with Crippen molar-refractivity contribution in [3.8, 4) is 0 Å². The Balaban J connectivity index is 2.60. The Bertz CT molecular complexity index is 408. The predicted octanol–water partition coefficient (Wildman–Crippen LogP) is 0.0354. The van der Waals surface area contributed by atoms with Gasteiger partial charge in [-0.05, 0) is 0 Å². The van der Waals surface area contributed by atoms with E-state index in [9.17, 15) is 8.42 Å². The standard InChI is InChI=1S/C5H7N3O3S2/c1-13(9,10)11-7-2-4-3-12-5(6)8-4/h2-3H,1H3,(H2,6,8). The molecule has 0 aliphatic rings. The van der Waals surface area contributed by atoms with Crippen LogP contribution in [0, 0.1) is 0 Å². The topological polar surface area (TPSA) is 94.6 Å². The van der Waals surface area contributed by atoms with Gasteiger partial charge in [0.25, 0.3) is 0 Å². The summed E-state index contributed by atoms with van der Waals surface area (Å²) >= 11 is 1.23. The van der Waals surface area contributed by atoms with Crippen LogP contribution in [0.5, 0.6) is 0 Å². The van der Waals surface area contributed by atoms with Crippen molar-refractivity contribution in [1.29, 1.82) is 0 Å². The fraction of sp³-hybridized carbons (Fsp3) is 0.200. The summed E-state index contributed by atoms with van der Waals surface area (Å²) < 4.78 is 25.0. The Morgan fingerprint density at radius 3 is 2.92 bits per heavy atom. The van der Waals surface area contributed by atoms with Gasteiger partial charge in [-0.15, -0.1) is 11.3 Å². The van der Waals surface area contributed by atoms with Crippen molar-refractivity contribution < 1.29 is 12.7 Å². The van der Waals surface area contributed by atoms with E-state index >= 15 is 0 Å². The van der Waals surface area contributed by atoms with Crippen LogP contribution < -0.4 is 5.73 Å². The quantitative estimate of drug-likeness (QED) is 0.574. The van der Waals surface area contributed by atoms with E-state index in [1.54, 1.807) is 5.38 Å². The van der Waals surface area contributed by atoms with Gasteiger partial charge in [0.05, 0.1) is 18.2 Å². The third-order valence-corrected chi connectivity index (χ3v) is 1.95. The van der Waals surface area contributed by atoms with E-state index in [1.165, 1.54) is 17.6 Å². The summed E-state index contributed by atoms with van der Waals surface area (Å²) in [5.41, 5.74) is 5.79. The summed E-state index contributed by atoms with van der Waals surface area (Å²) in [6.07, 6.45) is 2.08. The molecule has 0 saturated heterocycles. The van der Waals surface area contributed by atoms with Crippen molar-refractivity contribution in [2.75, 3.05) is 12.0 Å². The summed E-state index contributed by atoms with van der Waals surface area (Å²) in [5, 5.41) is 5.22. The van der Waals surface area contributed by atoms with Crippen molar-refractivity contribution in [3.05, 3.63) is 11.1 Å². The van der Waals surface area contributed by atoms with E-state index in [-0.39, 0.29) is 0 Å². The molecule has 0 atom stereocenters. The molecule has 0 fully saturated rings. The highest BCUT2D eigenvalue weighted by atomic mass is 32.2. The van der Waals surface area contributed by atoms with Crippen LogP contribution in [0.25, 0.3) is 0 Å². The lowest BCUT2D eigenvalue weighted by Crippen LogP contribution is -1.97. The molecule has 0 unspecified atom stereocenters. The zero-order valence-electron chi connectivity index (χ0n) is 6.67. The molecule has 0 spiro atoms. The van der Waals surface area contributed by atoms with E-state index < -0.39 is 10.1 Å². The maximum Gasteiger partial charge on any atom is 0.325 e. The third kappa shape index (κ3) is 3.85. The second kappa shape index (κ2) is 3.71. The number of rotatable bonds is 3. The van der Waals surface area contributed by atoms with Gasteiger partial charge in [0.15, 0.2) is 5.13 Å². The number of hydrogen-bond donors (Lipinski definition) is 1. The van der Waals surface area contributed by atoms with E-state index in [0.717, 1.165) is 6.26 Å². The average Bonchev–Trinajstić information content (AvgIpc) is 2.33. The number of hydrogen-bond acceptors (Lipinski definition) is 7. The molecule has 0 aromatic carbocycles. The lowest BCUT2D eigenvalue weighted by molar-refractivity contribution is 0.345.